The molecule has 4 N–H and O–H groups in total. The molecule has 4 rings (SSSR count). The van der Waals surface area contributed by atoms with E-state index in [1.807, 2.05) is 36.4 Å². The van der Waals surface area contributed by atoms with Crippen molar-refractivity contribution in [2.24, 2.45) is 0 Å². The summed E-state index contributed by atoms with van der Waals surface area (Å²) in [5.41, 5.74) is 7.46. The van der Waals surface area contributed by atoms with Crippen molar-refractivity contribution < 1.29 is 9.13 Å². The van der Waals surface area contributed by atoms with Crippen LogP contribution in [0.15, 0.2) is 48.5 Å². The fourth-order valence-electron chi connectivity index (χ4n) is 4.30. The summed E-state index contributed by atoms with van der Waals surface area (Å²) in [6.07, 6.45) is 6.03. The van der Waals surface area contributed by atoms with E-state index in [0.29, 0.717) is 18.4 Å². The lowest BCUT2D eigenvalue weighted by Crippen LogP contribution is -2.36. The number of aromatic nitrogens is 3. The predicted molar refractivity (Wildman–Crippen MR) is 124 cm³/mol. The Morgan fingerprint density at radius 1 is 0.969 bits per heavy atom. The third-order valence-electron chi connectivity index (χ3n) is 5.96. The Labute approximate surface area is 187 Å². The average molecular weight is 437 g/mol. The number of hydrogen-bond donors (Lipinski definition) is 3. The maximum Gasteiger partial charge on any atom is 0.229 e. The molecule has 1 saturated carbocycles. The minimum Gasteiger partial charge on any atom is -0.494 e. The summed E-state index contributed by atoms with van der Waals surface area (Å²) < 4.78 is 19.7. The van der Waals surface area contributed by atoms with Crippen LogP contribution in [0.25, 0.3) is 0 Å². The van der Waals surface area contributed by atoms with E-state index >= 15 is 0 Å². The molecule has 0 spiro atoms. The average Bonchev–Trinajstić information content (AvgIpc) is 3.04. The summed E-state index contributed by atoms with van der Waals surface area (Å²) in [4.78, 5) is 13.1. The fraction of sp³-hybridized carbons (Fsp3) is 0.375. The Bertz CT molecular complexity index is 1040. The summed E-state index contributed by atoms with van der Waals surface area (Å²) in [5.74, 6) is 0.757. The molecular formula is C24H29FN6O. The smallest absolute Gasteiger partial charge is 0.229 e. The molecule has 0 saturated heterocycles. The van der Waals surface area contributed by atoms with Crippen molar-refractivity contribution in [3.8, 4) is 5.75 Å². The molecule has 1 heterocycles. The number of ether oxygens (including phenoxy) is 1. The maximum absolute atomic E-state index is 14.6. The zero-order chi connectivity index (χ0) is 22.4. The Balaban J connectivity index is 1.62. The number of hydrogen-bond acceptors (Lipinski definition) is 7. The van der Waals surface area contributed by atoms with Crippen LogP contribution >= 0.6 is 0 Å². The zero-order valence-electron chi connectivity index (χ0n) is 18.3. The van der Waals surface area contributed by atoms with E-state index < -0.39 is 5.54 Å². The van der Waals surface area contributed by atoms with Crippen LogP contribution in [0.2, 0.25) is 0 Å². The molecule has 1 aliphatic carbocycles. The second-order valence-electron chi connectivity index (χ2n) is 8.15. The van der Waals surface area contributed by atoms with Crippen LogP contribution in [-0.4, -0.2) is 22.1 Å². The lowest BCUT2D eigenvalue weighted by molar-refractivity contribution is 0.381. The number of halogens is 1. The van der Waals surface area contributed by atoms with Gasteiger partial charge in [0.1, 0.15) is 0 Å². The molecule has 0 amide bonds. The van der Waals surface area contributed by atoms with Gasteiger partial charge >= 0.3 is 0 Å². The second-order valence-corrected chi connectivity index (χ2v) is 8.15. The highest BCUT2D eigenvalue weighted by Gasteiger charge is 2.34. The Kier molecular flexibility index (Phi) is 6.68. The van der Waals surface area contributed by atoms with Gasteiger partial charge in [0.15, 0.2) is 11.6 Å². The number of nitrogens with zero attached hydrogens (tertiary/aromatic N) is 3. The van der Waals surface area contributed by atoms with Crippen LogP contribution in [0.1, 0.15) is 49.7 Å². The quantitative estimate of drug-likeness (QED) is 0.454. The molecule has 0 aliphatic heterocycles. The molecule has 3 aromatic rings. The van der Waals surface area contributed by atoms with Crippen LogP contribution in [0.3, 0.4) is 0 Å². The molecule has 2 aromatic carbocycles. The van der Waals surface area contributed by atoms with Crippen LogP contribution in [0.4, 0.5) is 22.2 Å². The van der Waals surface area contributed by atoms with Gasteiger partial charge in [-0.15, -0.1) is 0 Å². The van der Waals surface area contributed by atoms with Gasteiger partial charge in [0.05, 0.1) is 12.6 Å². The van der Waals surface area contributed by atoms with Gasteiger partial charge in [-0.2, -0.15) is 15.0 Å². The van der Waals surface area contributed by atoms with Crippen molar-refractivity contribution in [3.05, 3.63) is 65.5 Å². The standard InChI is InChI=1S/C24H29FN6O/c1-32-20-12-11-18(15-19(20)25)24(13-7-2-3-8-14-24)31-23-29-21(26)28-22(30-23)27-16-17-9-5-4-6-10-17/h4-6,9-12,15H,2-3,7-8,13-14,16H2,1H3,(H4,26,27,28,29,30,31). The van der Waals surface area contributed by atoms with Crippen LogP contribution in [0, 0.1) is 5.82 Å². The Morgan fingerprint density at radius 2 is 1.69 bits per heavy atom. The van der Waals surface area contributed by atoms with Crippen molar-refractivity contribution in [1.82, 2.24) is 15.0 Å². The van der Waals surface area contributed by atoms with Gasteiger partial charge in [-0.3, -0.25) is 0 Å². The molecule has 0 bridgehead atoms. The number of rotatable bonds is 7. The third-order valence-corrected chi connectivity index (χ3v) is 5.96. The first kappa shape index (κ1) is 21.8. The lowest BCUT2D eigenvalue weighted by Gasteiger charge is -2.35. The summed E-state index contributed by atoms with van der Waals surface area (Å²) in [6.45, 7) is 0.568. The molecule has 1 aliphatic rings. The normalized spacial score (nSPS) is 15.6. The lowest BCUT2D eigenvalue weighted by atomic mass is 9.82. The highest BCUT2D eigenvalue weighted by atomic mass is 19.1. The van der Waals surface area contributed by atoms with Gasteiger partial charge < -0.3 is 21.1 Å². The van der Waals surface area contributed by atoms with Crippen molar-refractivity contribution >= 4 is 17.8 Å². The molecule has 32 heavy (non-hydrogen) atoms. The zero-order valence-corrected chi connectivity index (χ0v) is 18.3. The number of benzene rings is 2. The van der Waals surface area contributed by atoms with Crippen LogP contribution in [-0.2, 0) is 12.1 Å². The first-order chi connectivity index (χ1) is 15.6. The maximum atomic E-state index is 14.6. The minimum atomic E-state index is -0.492. The molecular weight excluding hydrogens is 407 g/mol. The van der Waals surface area contributed by atoms with Crippen molar-refractivity contribution in [2.75, 3.05) is 23.5 Å². The van der Waals surface area contributed by atoms with E-state index in [9.17, 15) is 4.39 Å². The number of nitrogen functional groups attached to an aromatic ring is 1. The van der Waals surface area contributed by atoms with Crippen molar-refractivity contribution in [1.29, 1.82) is 0 Å². The van der Waals surface area contributed by atoms with E-state index in [-0.39, 0.29) is 17.5 Å². The van der Waals surface area contributed by atoms with Gasteiger partial charge in [0.25, 0.3) is 0 Å². The number of nitrogens with two attached hydrogens (primary N) is 1. The first-order valence-electron chi connectivity index (χ1n) is 11.0. The van der Waals surface area contributed by atoms with Crippen molar-refractivity contribution in [2.45, 2.75) is 50.6 Å². The second kappa shape index (κ2) is 9.80. The number of anilines is 3. The van der Waals surface area contributed by atoms with Crippen LogP contribution in [0.5, 0.6) is 5.75 Å². The van der Waals surface area contributed by atoms with Gasteiger partial charge in [-0.25, -0.2) is 4.39 Å². The van der Waals surface area contributed by atoms with E-state index in [0.717, 1.165) is 49.7 Å². The minimum absolute atomic E-state index is 0.128. The molecule has 0 unspecified atom stereocenters. The SMILES string of the molecule is COc1ccc(C2(Nc3nc(N)nc(NCc4ccccc4)n3)CCCCCC2)cc1F. The summed E-state index contributed by atoms with van der Waals surface area (Å²) in [6, 6.07) is 15.1. The number of methoxy groups -OCH3 is 1. The fourth-order valence-corrected chi connectivity index (χ4v) is 4.30. The molecule has 1 fully saturated rings. The largest absolute Gasteiger partial charge is 0.494 e. The van der Waals surface area contributed by atoms with E-state index in [2.05, 4.69) is 25.6 Å². The third kappa shape index (κ3) is 5.07. The molecule has 1 aromatic heterocycles. The van der Waals surface area contributed by atoms with E-state index in [4.69, 9.17) is 10.5 Å². The highest BCUT2D eigenvalue weighted by Crippen LogP contribution is 2.39. The van der Waals surface area contributed by atoms with Gasteiger partial charge in [-0.1, -0.05) is 62.1 Å². The number of nitrogens with one attached hydrogen (secondary N) is 2. The summed E-state index contributed by atoms with van der Waals surface area (Å²) in [7, 11) is 1.47. The summed E-state index contributed by atoms with van der Waals surface area (Å²) in [5, 5.41) is 6.71. The van der Waals surface area contributed by atoms with Gasteiger partial charge in [-0.05, 0) is 36.1 Å². The Morgan fingerprint density at radius 3 is 2.38 bits per heavy atom. The monoisotopic (exact) mass is 436 g/mol. The molecule has 8 heteroatoms. The first-order valence-corrected chi connectivity index (χ1v) is 11.0. The molecule has 168 valence electrons. The molecule has 7 nitrogen and oxygen atoms in total. The summed E-state index contributed by atoms with van der Waals surface area (Å²) >= 11 is 0. The molecule has 0 atom stereocenters. The van der Waals surface area contributed by atoms with Gasteiger partial charge in [0, 0.05) is 6.54 Å². The van der Waals surface area contributed by atoms with E-state index in [1.54, 1.807) is 12.1 Å². The predicted octanol–water partition coefficient (Wildman–Crippen LogP) is 4.88. The van der Waals surface area contributed by atoms with Crippen LogP contribution < -0.4 is 21.1 Å². The molecule has 0 radical (unpaired) electrons. The van der Waals surface area contributed by atoms with Gasteiger partial charge in [0.2, 0.25) is 17.8 Å². The van der Waals surface area contributed by atoms with Crippen molar-refractivity contribution in [3.63, 3.8) is 0 Å². The topological polar surface area (TPSA) is 98.0 Å². The van der Waals surface area contributed by atoms with E-state index in [1.165, 1.54) is 7.11 Å². The Hall–Kier alpha value is -3.42. The highest BCUT2D eigenvalue weighted by molar-refractivity contribution is 5.45.